The second-order valence-electron chi connectivity index (χ2n) is 5.75. The minimum atomic E-state index is -1.15. The number of ether oxygens (including phenoxy) is 1. The van der Waals surface area contributed by atoms with Crippen LogP contribution in [0.15, 0.2) is 18.2 Å². The number of halogens is 2. The molecule has 1 fully saturated rings. The van der Waals surface area contributed by atoms with Crippen LogP contribution in [-0.2, 0) is 9.59 Å². The molecule has 23 heavy (non-hydrogen) atoms. The first kappa shape index (κ1) is 17.2. The van der Waals surface area contributed by atoms with Crippen LogP contribution in [0.3, 0.4) is 0 Å². The number of hydrogen-bond donors (Lipinski definition) is 1. The van der Waals surface area contributed by atoms with Gasteiger partial charge in [-0.25, -0.2) is 13.6 Å². The highest BCUT2D eigenvalue weighted by atomic mass is 19.1. The van der Waals surface area contributed by atoms with Crippen molar-refractivity contribution in [2.75, 3.05) is 13.2 Å². The maximum absolute atomic E-state index is 13.4. The number of rotatable bonds is 6. The zero-order valence-corrected chi connectivity index (χ0v) is 12.8. The van der Waals surface area contributed by atoms with E-state index in [2.05, 4.69) is 0 Å². The summed E-state index contributed by atoms with van der Waals surface area (Å²) in [5, 5.41) is 9.27. The molecule has 7 heteroatoms. The number of nitrogens with zero attached hydrogens (tertiary/aromatic N) is 1. The Morgan fingerprint density at radius 1 is 1.39 bits per heavy atom. The molecule has 0 bridgehead atoms. The van der Waals surface area contributed by atoms with E-state index in [1.165, 1.54) is 11.0 Å². The monoisotopic (exact) mass is 327 g/mol. The third-order valence-corrected chi connectivity index (χ3v) is 4.09. The predicted molar refractivity (Wildman–Crippen MR) is 78.1 cm³/mol. The average molecular weight is 327 g/mol. The van der Waals surface area contributed by atoms with E-state index in [0.717, 1.165) is 12.1 Å². The number of aliphatic carboxylic acids is 1. The molecule has 1 saturated heterocycles. The molecule has 0 aromatic heterocycles. The number of hydrogen-bond acceptors (Lipinski definition) is 3. The number of carboxylic acids is 1. The van der Waals surface area contributed by atoms with E-state index in [1.54, 1.807) is 6.92 Å². The summed E-state index contributed by atoms with van der Waals surface area (Å²) in [4.78, 5) is 24.9. The van der Waals surface area contributed by atoms with Crippen molar-refractivity contribution < 1.29 is 28.2 Å². The van der Waals surface area contributed by atoms with Gasteiger partial charge in [0.05, 0.1) is 6.61 Å². The van der Waals surface area contributed by atoms with Gasteiger partial charge in [-0.15, -0.1) is 0 Å². The first-order chi connectivity index (χ1) is 10.8. The van der Waals surface area contributed by atoms with Gasteiger partial charge in [0.1, 0.15) is 11.4 Å². The van der Waals surface area contributed by atoms with E-state index >= 15 is 0 Å². The van der Waals surface area contributed by atoms with Gasteiger partial charge >= 0.3 is 5.97 Å². The fourth-order valence-electron chi connectivity index (χ4n) is 2.72. The van der Waals surface area contributed by atoms with E-state index in [4.69, 9.17) is 4.74 Å². The van der Waals surface area contributed by atoms with Crippen molar-refractivity contribution in [2.45, 2.75) is 38.1 Å². The Labute approximate surface area is 132 Å². The lowest BCUT2D eigenvalue weighted by Gasteiger charge is -2.31. The molecular weight excluding hydrogens is 308 g/mol. The van der Waals surface area contributed by atoms with Crippen LogP contribution in [0.4, 0.5) is 8.78 Å². The van der Waals surface area contributed by atoms with Gasteiger partial charge in [-0.3, -0.25) is 4.79 Å². The number of carboxylic acid groups (broad SMARTS) is 1. The van der Waals surface area contributed by atoms with Crippen molar-refractivity contribution in [3.63, 3.8) is 0 Å². The molecule has 0 aliphatic carbocycles. The van der Waals surface area contributed by atoms with Gasteiger partial charge in [-0.05, 0) is 38.3 Å². The van der Waals surface area contributed by atoms with Gasteiger partial charge < -0.3 is 14.7 Å². The van der Waals surface area contributed by atoms with Crippen LogP contribution in [-0.4, -0.2) is 40.6 Å². The van der Waals surface area contributed by atoms with Crippen molar-refractivity contribution in [2.24, 2.45) is 0 Å². The molecule has 1 amide bonds. The first-order valence-electron chi connectivity index (χ1n) is 7.46. The summed E-state index contributed by atoms with van der Waals surface area (Å²) in [6.45, 7) is 2.06. The topological polar surface area (TPSA) is 66.8 Å². The van der Waals surface area contributed by atoms with E-state index < -0.39 is 23.1 Å². The molecule has 1 N–H and O–H groups in total. The molecule has 2 rings (SSSR count). The zero-order chi connectivity index (χ0) is 17.0. The Kier molecular flexibility index (Phi) is 5.18. The Hall–Kier alpha value is -2.18. The van der Waals surface area contributed by atoms with Crippen molar-refractivity contribution in [3.05, 3.63) is 29.8 Å². The van der Waals surface area contributed by atoms with Crippen LogP contribution in [0.2, 0.25) is 0 Å². The lowest BCUT2D eigenvalue weighted by atomic mass is 9.99. The molecule has 1 heterocycles. The van der Waals surface area contributed by atoms with Crippen LogP contribution < -0.4 is 4.74 Å². The van der Waals surface area contributed by atoms with E-state index in [-0.39, 0.29) is 24.7 Å². The quantitative estimate of drug-likeness (QED) is 0.816. The predicted octanol–water partition coefficient (Wildman–Crippen LogP) is 2.59. The molecule has 1 aromatic carbocycles. The first-order valence-corrected chi connectivity index (χ1v) is 7.46. The second-order valence-corrected chi connectivity index (χ2v) is 5.75. The van der Waals surface area contributed by atoms with Crippen molar-refractivity contribution in [3.8, 4) is 5.75 Å². The third kappa shape index (κ3) is 3.78. The van der Waals surface area contributed by atoms with Crippen molar-refractivity contribution in [1.29, 1.82) is 0 Å². The van der Waals surface area contributed by atoms with Gasteiger partial charge in [0.2, 0.25) is 5.91 Å². The second kappa shape index (κ2) is 6.93. The molecule has 1 aromatic rings. The summed E-state index contributed by atoms with van der Waals surface area (Å²) < 4.78 is 31.3. The number of carbonyl (C=O) groups is 2. The van der Waals surface area contributed by atoms with Gasteiger partial charge in [0.25, 0.3) is 0 Å². The minimum absolute atomic E-state index is 0.0737. The summed E-state index contributed by atoms with van der Waals surface area (Å²) in [5.74, 6) is -2.82. The van der Waals surface area contributed by atoms with E-state index in [9.17, 15) is 23.5 Å². The number of likely N-dealkylation sites (tertiary alicyclic amines) is 1. The Morgan fingerprint density at radius 3 is 2.78 bits per heavy atom. The highest BCUT2D eigenvalue weighted by Crippen LogP contribution is 2.30. The molecule has 126 valence electrons. The maximum atomic E-state index is 13.4. The van der Waals surface area contributed by atoms with Crippen LogP contribution in [0.5, 0.6) is 5.75 Å². The molecule has 0 radical (unpaired) electrons. The number of carbonyl (C=O) groups excluding carboxylic acids is 1. The summed E-state index contributed by atoms with van der Waals surface area (Å²) >= 11 is 0. The summed E-state index contributed by atoms with van der Waals surface area (Å²) in [5.41, 5.74) is -1.15. The number of benzene rings is 1. The molecule has 1 atom stereocenters. The lowest BCUT2D eigenvalue weighted by Crippen LogP contribution is -2.50. The number of amides is 1. The highest BCUT2D eigenvalue weighted by Gasteiger charge is 2.45. The SMILES string of the molecule is CC1(C(=O)O)CCCN1C(=O)CCCOc1ccc(F)cc1F. The average Bonchev–Trinajstić information content (AvgIpc) is 2.88. The Bertz CT molecular complexity index is 608. The van der Waals surface area contributed by atoms with Crippen LogP contribution in [0.25, 0.3) is 0 Å². The summed E-state index contributed by atoms with van der Waals surface area (Å²) in [6, 6.07) is 3.00. The molecular formula is C16H19F2NO4. The fraction of sp³-hybridized carbons (Fsp3) is 0.500. The zero-order valence-electron chi connectivity index (χ0n) is 12.8. The van der Waals surface area contributed by atoms with Crippen molar-refractivity contribution >= 4 is 11.9 Å². The normalized spacial score (nSPS) is 20.6. The Morgan fingerprint density at radius 2 is 2.13 bits per heavy atom. The molecule has 0 spiro atoms. The third-order valence-electron chi connectivity index (χ3n) is 4.09. The van der Waals surface area contributed by atoms with E-state index in [1.807, 2.05) is 0 Å². The summed E-state index contributed by atoms with van der Waals surface area (Å²) in [7, 11) is 0. The molecule has 1 aliphatic rings. The standard InChI is InChI=1S/C16H19F2NO4/c1-16(15(21)22)7-3-8-19(16)14(20)4-2-9-23-13-6-5-11(17)10-12(13)18/h5-6,10H,2-4,7-9H2,1H3,(H,21,22). The highest BCUT2D eigenvalue weighted by molar-refractivity contribution is 5.87. The lowest BCUT2D eigenvalue weighted by molar-refractivity contribution is -0.155. The molecule has 5 nitrogen and oxygen atoms in total. The smallest absolute Gasteiger partial charge is 0.329 e. The van der Waals surface area contributed by atoms with Gasteiger partial charge in [0, 0.05) is 19.0 Å². The molecule has 0 saturated carbocycles. The molecule has 1 aliphatic heterocycles. The molecule has 1 unspecified atom stereocenters. The Balaban J connectivity index is 1.82. The van der Waals surface area contributed by atoms with Gasteiger partial charge in [0.15, 0.2) is 11.6 Å². The fourth-order valence-corrected chi connectivity index (χ4v) is 2.72. The van der Waals surface area contributed by atoms with Crippen LogP contribution >= 0.6 is 0 Å². The van der Waals surface area contributed by atoms with Gasteiger partial charge in [-0.1, -0.05) is 0 Å². The van der Waals surface area contributed by atoms with Crippen LogP contribution in [0.1, 0.15) is 32.6 Å². The van der Waals surface area contributed by atoms with Crippen molar-refractivity contribution in [1.82, 2.24) is 4.90 Å². The van der Waals surface area contributed by atoms with Gasteiger partial charge in [-0.2, -0.15) is 0 Å². The summed E-state index contributed by atoms with van der Waals surface area (Å²) in [6.07, 6.45) is 1.53. The van der Waals surface area contributed by atoms with E-state index in [0.29, 0.717) is 25.8 Å². The largest absolute Gasteiger partial charge is 0.491 e. The minimum Gasteiger partial charge on any atom is -0.491 e. The van der Waals surface area contributed by atoms with Crippen LogP contribution in [0, 0.1) is 11.6 Å². The maximum Gasteiger partial charge on any atom is 0.329 e.